The lowest BCUT2D eigenvalue weighted by molar-refractivity contribution is 0.661. The molecule has 0 spiro atoms. The minimum absolute atomic E-state index is 1.09. The first-order chi connectivity index (χ1) is 4.75. The molecule has 0 saturated carbocycles. The zero-order valence-electron chi connectivity index (χ0n) is 6.89. The van der Waals surface area contributed by atoms with Crippen LogP contribution in [0.2, 0.25) is 0 Å². The normalized spacial score (nSPS) is 10.3. The molecule has 0 radical (unpaired) electrons. The summed E-state index contributed by atoms with van der Waals surface area (Å²) >= 11 is 0. The van der Waals surface area contributed by atoms with Gasteiger partial charge in [0, 0.05) is 12.2 Å². The molecule has 1 heterocycles. The van der Waals surface area contributed by atoms with E-state index in [1.165, 1.54) is 12.1 Å². The standard InChI is InChI=1S/C8H14N2/c1-4-5-10-6-9-7(2)8(10)3/h6H,4-5H2,1-3H3. The molecule has 1 aromatic rings. The molecule has 0 unspecified atom stereocenters. The van der Waals surface area contributed by atoms with Crippen LogP contribution in [-0.2, 0) is 6.54 Å². The number of nitrogens with zero attached hydrogens (tertiary/aromatic N) is 2. The van der Waals surface area contributed by atoms with Gasteiger partial charge in [-0.25, -0.2) is 4.98 Å². The van der Waals surface area contributed by atoms with Gasteiger partial charge in [-0.05, 0) is 20.3 Å². The lowest BCUT2D eigenvalue weighted by atomic mass is 10.3. The molecule has 0 aliphatic carbocycles. The van der Waals surface area contributed by atoms with Gasteiger partial charge in [0.15, 0.2) is 0 Å². The number of hydrogen-bond donors (Lipinski definition) is 0. The highest BCUT2D eigenvalue weighted by Gasteiger charge is 1.98. The zero-order valence-corrected chi connectivity index (χ0v) is 6.89. The molecule has 0 bridgehead atoms. The lowest BCUT2D eigenvalue weighted by Gasteiger charge is -2.00. The van der Waals surface area contributed by atoms with Gasteiger partial charge in [0.1, 0.15) is 0 Å². The van der Waals surface area contributed by atoms with Crippen LogP contribution in [0.3, 0.4) is 0 Å². The number of hydrogen-bond acceptors (Lipinski definition) is 1. The van der Waals surface area contributed by atoms with Crippen molar-refractivity contribution in [1.82, 2.24) is 9.55 Å². The average molecular weight is 138 g/mol. The van der Waals surface area contributed by atoms with E-state index in [0.29, 0.717) is 0 Å². The van der Waals surface area contributed by atoms with Crippen LogP contribution in [0, 0.1) is 13.8 Å². The first kappa shape index (κ1) is 7.32. The Hall–Kier alpha value is -0.790. The van der Waals surface area contributed by atoms with Gasteiger partial charge < -0.3 is 4.57 Å². The highest BCUT2D eigenvalue weighted by Crippen LogP contribution is 2.03. The van der Waals surface area contributed by atoms with Crippen molar-refractivity contribution < 1.29 is 0 Å². The van der Waals surface area contributed by atoms with Crippen LogP contribution in [-0.4, -0.2) is 9.55 Å². The minimum atomic E-state index is 1.09. The molecule has 0 saturated heterocycles. The molecule has 0 N–H and O–H groups in total. The maximum atomic E-state index is 4.20. The van der Waals surface area contributed by atoms with Gasteiger partial charge in [-0.2, -0.15) is 0 Å². The second-order valence-electron chi connectivity index (χ2n) is 2.61. The number of aryl methyl sites for hydroxylation is 2. The highest BCUT2D eigenvalue weighted by atomic mass is 15.0. The van der Waals surface area contributed by atoms with E-state index in [1.807, 2.05) is 13.3 Å². The van der Waals surface area contributed by atoms with Crippen molar-refractivity contribution in [3.8, 4) is 0 Å². The van der Waals surface area contributed by atoms with Gasteiger partial charge in [-0.3, -0.25) is 0 Å². The van der Waals surface area contributed by atoms with Crippen LogP contribution in [0.4, 0.5) is 0 Å². The predicted molar refractivity (Wildman–Crippen MR) is 42.0 cm³/mol. The molecule has 10 heavy (non-hydrogen) atoms. The monoisotopic (exact) mass is 138 g/mol. The number of imidazole rings is 1. The number of rotatable bonds is 2. The third kappa shape index (κ3) is 1.20. The first-order valence-electron chi connectivity index (χ1n) is 3.74. The summed E-state index contributed by atoms with van der Waals surface area (Å²) in [6, 6.07) is 0. The summed E-state index contributed by atoms with van der Waals surface area (Å²) in [6.07, 6.45) is 3.09. The Bertz CT molecular complexity index is 213. The molecule has 1 rings (SSSR count). The summed E-state index contributed by atoms with van der Waals surface area (Å²) in [4.78, 5) is 4.20. The van der Waals surface area contributed by atoms with Crippen molar-refractivity contribution in [3.63, 3.8) is 0 Å². The molecule has 2 heteroatoms. The fraction of sp³-hybridized carbons (Fsp3) is 0.625. The van der Waals surface area contributed by atoms with Crippen molar-refractivity contribution in [2.75, 3.05) is 0 Å². The highest BCUT2D eigenvalue weighted by molar-refractivity contribution is 5.08. The van der Waals surface area contributed by atoms with E-state index < -0.39 is 0 Å². The first-order valence-corrected chi connectivity index (χ1v) is 3.74. The Labute approximate surface area is 61.9 Å². The van der Waals surface area contributed by atoms with E-state index in [4.69, 9.17) is 0 Å². The van der Waals surface area contributed by atoms with E-state index in [9.17, 15) is 0 Å². The van der Waals surface area contributed by atoms with E-state index in [-0.39, 0.29) is 0 Å². The fourth-order valence-electron chi connectivity index (χ4n) is 1.01. The Morgan fingerprint density at radius 3 is 2.60 bits per heavy atom. The molecule has 0 aliphatic rings. The van der Waals surface area contributed by atoms with Crippen LogP contribution in [0.15, 0.2) is 6.33 Å². The van der Waals surface area contributed by atoms with Gasteiger partial charge >= 0.3 is 0 Å². The molecule has 0 aromatic carbocycles. The molecule has 0 atom stereocenters. The smallest absolute Gasteiger partial charge is 0.0951 e. The van der Waals surface area contributed by atoms with Crippen molar-refractivity contribution >= 4 is 0 Å². The molecular formula is C8H14N2. The van der Waals surface area contributed by atoms with Crippen molar-refractivity contribution in [3.05, 3.63) is 17.7 Å². The third-order valence-electron chi connectivity index (χ3n) is 1.81. The Morgan fingerprint density at radius 2 is 2.20 bits per heavy atom. The van der Waals surface area contributed by atoms with Gasteiger partial charge in [0.25, 0.3) is 0 Å². The Kier molecular flexibility index (Phi) is 2.10. The maximum Gasteiger partial charge on any atom is 0.0951 e. The Morgan fingerprint density at radius 1 is 1.50 bits per heavy atom. The summed E-state index contributed by atoms with van der Waals surface area (Å²) < 4.78 is 2.19. The van der Waals surface area contributed by atoms with E-state index >= 15 is 0 Å². The molecule has 56 valence electrons. The molecular weight excluding hydrogens is 124 g/mol. The van der Waals surface area contributed by atoms with Crippen molar-refractivity contribution in [1.29, 1.82) is 0 Å². The van der Waals surface area contributed by atoms with E-state index in [1.54, 1.807) is 0 Å². The van der Waals surface area contributed by atoms with Crippen LogP contribution in [0.5, 0.6) is 0 Å². The van der Waals surface area contributed by atoms with Crippen molar-refractivity contribution in [2.45, 2.75) is 33.7 Å². The third-order valence-corrected chi connectivity index (χ3v) is 1.81. The number of aromatic nitrogens is 2. The quantitative estimate of drug-likeness (QED) is 0.610. The predicted octanol–water partition coefficient (Wildman–Crippen LogP) is 1.91. The topological polar surface area (TPSA) is 17.8 Å². The summed E-state index contributed by atoms with van der Waals surface area (Å²) in [7, 11) is 0. The van der Waals surface area contributed by atoms with Crippen LogP contribution in [0.1, 0.15) is 24.7 Å². The zero-order chi connectivity index (χ0) is 7.56. The van der Waals surface area contributed by atoms with Crippen LogP contribution < -0.4 is 0 Å². The average Bonchev–Trinajstić information content (AvgIpc) is 2.20. The fourth-order valence-corrected chi connectivity index (χ4v) is 1.01. The summed E-state index contributed by atoms with van der Waals surface area (Å²) in [5.74, 6) is 0. The Balaban J connectivity index is 2.83. The van der Waals surface area contributed by atoms with Gasteiger partial charge in [-0.15, -0.1) is 0 Å². The largest absolute Gasteiger partial charge is 0.335 e. The molecule has 0 amide bonds. The van der Waals surface area contributed by atoms with Crippen LogP contribution in [0.25, 0.3) is 0 Å². The second-order valence-corrected chi connectivity index (χ2v) is 2.61. The van der Waals surface area contributed by atoms with Crippen LogP contribution >= 0.6 is 0 Å². The molecule has 1 aromatic heterocycles. The molecule has 2 nitrogen and oxygen atoms in total. The summed E-state index contributed by atoms with van der Waals surface area (Å²) in [5, 5.41) is 0. The van der Waals surface area contributed by atoms with Gasteiger partial charge in [0.2, 0.25) is 0 Å². The van der Waals surface area contributed by atoms with E-state index in [0.717, 1.165) is 12.2 Å². The van der Waals surface area contributed by atoms with Gasteiger partial charge in [0.05, 0.1) is 12.0 Å². The maximum absolute atomic E-state index is 4.20. The minimum Gasteiger partial charge on any atom is -0.335 e. The van der Waals surface area contributed by atoms with E-state index in [2.05, 4.69) is 23.4 Å². The second kappa shape index (κ2) is 2.86. The van der Waals surface area contributed by atoms with Crippen molar-refractivity contribution in [2.24, 2.45) is 0 Å². The SMILES string of the molecule is CCCn1cnc(C)c1C. The summed E-state index contributed by atoms with van der Waals surface area (Å²) in [5.41, 5.74) is 2.44. The lowest BCUT2D eigenvalue weighted by Crippen LogP contribution is -1.96. The van der Waals surface area contributed by atoms with Gasteiger partial charge in [-0.1, -0.05) is 6.92 Å². The summed E-state index contributed by atoms with van der Waals surface area (Å²) in [6.45, 7) is 7.42. The molecule has 0 aliphatic heterocycles. The molecule has 0 fully saturated rings.